The summed E-state index contributed by atoms with van der Waals surface area (Å²) in [5.41, 5.74) is 1.93. The number of amides is 3. The minimum Gasteiger partial charge on any atom is -0.450 e. The van der Waals surface area contributed by atoms with E-state index in [1.165, 1.54) is 0 Å². The number of aryl methyl sites for hydroxylation is 1. The number of likely N-dealkylation sites (tertiary alicyclic amines) is 1. The van der Waals surface area contributed by atoms with Crippen molar-refractivity contribution in [3.05, 3.63) is 29.8 Å². The Bertz CT molecular complexity index is 713. The van der Waals surface area contributed by atoms with E-state index in [-0.39, 0.29) is 36.3 Å². The molecule has 1 N–H and O–H groups in total. The summed E-state index contributed by atoms with van der Waals surface area (Å²) in [6, 6.07) is 7.80. The molecule has 2 saturated heterocycles. The Labute approximate surface area is 159 Å². The number of carbonyl (C=O) groups is 3. The summed E-state index contributed by atoms with van der Waals surface area (Å²) in [4.78, 5) is 40.1. The molecule has 1 aromatic rings. The molecule has 2 aliphatic rings. The lowest BCUT2D eigenvalue weighted by atomic mass is 10.0. The van der Waals surface area contributed by atoms with E-state index in [0.717, 1.165) is 11.3 Å². The highest BCUT2D eigenvalue weighted by molar-refractivity contribution is 6.00. The maximum absolute atomic E-state index is 12.6. The number of benzene rings is 1. The minimum atomic E-state index is -0.332. The van der Waals surface area contributed by atoms with Crippen molar-refractivity contribution in [1.29, 1.82) is 0 Å². The predicted molar refractivity (Wildman–Crippen MR) is 101 cm³/mol. The quantitative estimate of drug-likeness (QED) is 0.876. The first-order valence-electron chi connectivity index (χ1n) is 9.57. The Balaban J connectivity index is 1.51. The number of piperidine rings is 1. The number of hydrogen-bond donors (Lipinski definition) is 1. The fourth-order valence-electron chi connectivity index (χ4n) is 3.67. The molecule has 0 aromatic heterocycles. The van der Waals surface area contributed by atoms with Gasteiger partial charge in [0.2, 0.25) is 11.8 Å². The first-order valence-corrected chi connectivity index (χ1v) is 9.57. The highest BCUT2D eigenvalue weighted by atomic mass is 16.6. The second-order valence-electron chi connectivity index (χ2n) is 7.21. The summed E-state index contributed by atoms with van der Waals surface area (Å²) in [7, 11) is 0. The lowest BCUT2D eigenvalue weighted by molar-refractivity contribution is -0.127. The largest absolute Gasteiger partial charge is 0.450 e. The molecule has 1 aromatic carbocycles. The summed E-state index contributed by atoms with van der Waals surface area (Å²) < 4.78 is 5.01. The number of carbonyl (C=O) groups excluding carboxylic acids is 3. The van der Waals surface area contributed by atoms with Gasteiger partial charge in [0, 0.05) is 37.8 Å². The lowest BCUT2D eigenvalue weighted by Gasteiger charge is -2.32. The third-order valence-electron chi connectivity index (χ3n) is 5.18. The van der Waals surface area contributed by atoms with Crippen molar-refractivity contribution in [2.75, 3.05) is 31.1 Å². The van der Waals surface area contributed by atoms with Crippen LogP contribution in [0.5, 0.6) is 0 Å². The van der Waals surface area contributed by atoms with Crippen LogP contribution in [0.15, 0.2) is 24.3 Å². The Kier molecular flexibility index (Phi) is 5.98. The monoisotopic (exact) mass is 373 g/mol. The van der Waals surface area contributed by atoms with E-state index < -0.39 is 0 Å². The van der Waals surface area contributed by atoms with Gasteiger partial charge in [-0.1, -0.05) is 12.1 Å². The van der Waals surface area contributed by atoms with Crippen LogP contribution in [0.3, 0.4) is 0 Å². The molecule has 1 unspecified atom stereocenters. The molecule has 3 rings (SSSR count). The minimum absolute atomic E-state index is 0.0159. The van der Waals surface area contributed by atoms with Gasteiger partial charge in [0.15, 0.2) is 0 Å². The zero-order valence-electron chi connectivity index (χ0n) is 15.9. The first kappa shape index (κ1) is 19.2. The highest BCUT2D eigenvalue weighted by Crippen LogP contribution is 2.26. The van der Waals surface area contributed by atoms with E-state index in [2.05, 4.69) is 5.32 Å². The van der Waals surface area contributed by atoms with Crippen molar-refractivity contribution >= 4 is 23.6 Å². The molecule has 146 valence electrons. The van der Waals surface area contributed by atoms with Crippen LogP contribution in [0.4, 0.5) is 10.5 Å². The molecule has 7 heteroatoms. The van der Waals surface area contributed by atoms with Crippen LogP contribution >= 0.6 is 0 Å². The van der Waals surface area contributed by atoms with Crippen LogP contribution < -0.4 is 10.2 Å². The molecule has 1 atom stereocenters. The standard InChI is InChI=1S/C20H27N3O4/c1-3-27-20(26)22-9-7-16(8-10-22)21-19(25)15-12-18(24)23(13-15)17-6-4-5-14(2)11-17/h4-6,11,15-16H,3,7-10,12-13H2,1-2H3,(H,21,25). The molecule has 2 aliphatic heterocycles. The second-order valence-corrected chi connectivity index (χ2v) is 7.21. The van der Waals surface area contributed by atoms with E-state index >= 15 is 0 Å². The topological polar surface area (TPSA) is 79.0 Å². The Morgan fingerprint density at radius 1 is 1.26 bits per heavy atom. The van der Waals surface area contributed by atoms with E-state index in [0.29, 0.717) is 39.1 Å². The van der Waals surface area contributed by atoms with Crippen molar-refractivity contribution in [2.45, 2.75) is 39.2 Å². The molecule has 27 heavy (non-hydrogen) atoms. The van der Waals surface area contributed by atoms with Crippen molar-refractivity contribution in [2.24, 2.45) is 5.92 Å². The predicted octanol–water partition coefficient (Wildman–Crippen LogP) is 2.09. The van der Waals surface area contributed by atoms with Gasteiger partial charge in [-0.2, -0.15) is 0 Å². The fraction of sp³-hybridized carbons (Fsp3) is 0.550. The van der Waals surface area contributed by atoms with Gasteiger partial charge in [-0.3, -0.25) is 9.59 Å². The Morgan fingerprint density at radius 3 is 2.67 bits per heavy atom. The van der Waals surface area contributed by atoms with Crippen LogP contribution in [0, 0.1) is 12.8 Å². The average Bonchev–Trinajstić information content (AvgIpc) is 3.04. The summed E-state index contributed by atoms with van der Waals surface area (Å²) >= 11 is 0. The number of anilines is 1. The van der Waals surface area contributed by atoms with Crippen LogP contribution in [0.1, 0.15) is 31.7 Å². The summed E-state index contributed by atoms with van der Waals surface area (Å²) in [5, 5.41) is 3.06. The van der Waals surface area contributed by atoms with Crippen LogP contribution in [-0.2, 0) is 14.3 Å². The molecule has 0 aliphatic carbocycles. The molecular formula is C20H27N3O4. The summed E-state index contributed by atoms with van der Waals surface area (Å²) in [6.07, 6.45) is 1.35. The van der Waals surface area contributed by atoms with Crippen LogP contribution in [0.25, 0.3) is 0 Å². The fourth-order valence-corrected chi connectivity index (χ4v) is 3.67. The van der Waals surface area contributed by atoms with Crippen molar-refractivity contribution in [1.82, 2.24) is 10.2 Å². The van der Waals surface area contributed by atoms with Crippen LogP contribution in [-0.4, -0.2) is 55.1 Å². The van der Waals surface area contributed by atoms with Gasteiger partial charge >= 0.3 is 6.09 Å². The van der Waals surface area contributed by atoms with Gasteiger partial charge in [0.05, 0.1) is 12.5 Å². The molecule has 3 amide bonds. The van der Waals surface area contributed by atoms with Gasteiger partial charge in [-0.05, 0) is 44.4 Å². The highest BCUT2D eigenvalue weighted by Gasteiger charge is 2.36. The first-order chi connectivity index (χ1) is 13.0. The van der Waals surface area contributed by atoms with Gasteiger partial charge in [-0.15, -0.1) is 0 Å². The molecule has 2 heterocycles. The third kappa shape index (κ3) is 4.59. The van der Waals surface area contributed by atoms with E-state index in [9.17, 15) is 14.4 Å². The SMILES string of the molecule is CCOC(=O)N1CCC(NC(=O)C2CC(=O)N(c3cccc(C)c3)C2)CC1. The summed E-state index contributed by atoms with van der Waals surface area (Å²) in [6.45, 7) is 5.69. The lowest BCUT2D eigenvalue weighted by Crippen LogP contribution is -2.48. The zero-order chi connectivity index (χ0) is 19.4. The molecule has 0 saturated carbocycles. The molecule has 2 fully saturated rings. The van der Waals surface area contributed by atoms with E-state index in [1.807, 2.05) is 31.2 Å². The number of ether oxygens (including phenoxy) is 1. The van der Waals surface area contributed by atoms with Gasteiger partial charge in [0.1, 0.15) is 0 Å². The van der Waals surface area contributed by atoms with Crippen molar-refractivity contribution in [3.63, 3.8) is 0 Å². The van der Waals surface area contributed by atoms with Gasteiger partial charge in [-0.25, -0.2) is 4.79 Å². The van der Waals surface area contributed by atoms with Gasteiger partial charge < -0.3 is 19.9 Å². The van der Waals surface area contributed by atoms with Gasteiger partial charge in [0.25, 0.3) is 0 Å². The van der Waals surface area contributed by atoms with Crippen molar-refractivity contribution < 1.29 is 19.1 Å². The van der Waals surface area contributed by atoms with Crippen molar-refractivity contribution in [3.8, 4) is 0 Å². The summed E-state index contributed by atoms with van der Waals surface area (Å²) in [5.74, 6) is -0.424. The number of hydrogen-bond acceptors (Lipinski definition) is 4. The smallest absolute Gasteiger partial charge is 0.409 e. The number of nitrogens with one attached hydrogen (secondary N) is 1. The average molecular weight is 373 g/mol. The Hall–Kier alpha value is -2.57. The number of rotatable bonds is 4. The van der Waals surface area contributed by atoms with E-state index in [1.54, 1.807) is 16.7 Å². The second kappa shape index (κ2) is 8.41. The molecule has 0 bridgehead atoms. The molecule has 0 spiro atoms. The molecule has 7 nitrogen and oxygen atoms in total. The maximum Gasteiger partial charge on any atom is 0.409 e. The third-order valence-corrected chi connectivity index (χ3v) is 5.18. The molecular weight excluding hydrogens is 346 g/mol. The zero-order valence-corrected chi connectivity index (χ0v) is 15.9. The molecule has 0 radical (unpaired) electrons. The maximum atomic E-state index is 12.6. The normalized spacial score (nSPS) is 20.7. The van der Waals surface area contributed by atoms with Crippen LogP contribution in [0.2, 0.25) is 0 Å². The van der Waals surface area contributed by atoms with E-state index in [4.69, 9.17) is 4.74 Å². The number of nitrogens with zero attached hydrogens (tertiary/aromatic N) is 2. The Morgan fingerprint density at radius 2 is 2.00 bits per heavy atom.